The minimum absolute atomic E-state index is 0.362. The Bertz CT molecular complexity index is 535. The lowest BCUT2D eigenvalue weighted by atomic mass is 10.1. The highest BCUT2D eigenvalue weighted by Crippen LogP contribution is 2.45. The van der Waals surface area contributed by atoms with E-state index < -0.39 is 0 Å². The number of anilines is 1. The van der Waals surface area contributed by atoms with Crippen molar-refractivity contribution in [2.45, 2.75) is 18.9 Å². The summed E-state index contributed by atoms with van der Waals surface area (Å²) >= 11 is 14.0. The molecule has 1 nitrogen and oxygen atoms in total. The monoisotopic (exact) mass is 297 g/mol. The van der Waals surface area contributed by atoms with Crippen molar-refractivity contribution in [1.29, 1.82) is 0 Å². The molecule has 94 valence electrons. The molecule has 1 unspecified atom stereocenters. The molecule has 1 aliphatic rings. The van der Waals surface area contributed by atoms with Crippen LogP contribution >= 0.6 is 34.5 Å². The molecule has 0 radical (unpaired) electrons. The highest BCUT2D eigenvalue weighted by molar-refractivity contribution is 7.10. The lowest BCUT2D eigenvalue weighted by Crippen LogP contribution is -2.11. The van der Waals surface area contributed by atoms with Crippen molar-refractivity contribution in [2.75, 3.05) is 5.32 Å². The third kappa shape index (κ3) is 2.66. The topological polar surface area (TPSA) is 12.0 Å². The molecule has 18 heavy (non-hydrogen) atoms. The Morgan fingerprint density at radius 1 is 1.22 bits per heavy atom. The van der Waals surface area contributed by atoms with Gasteiger partial charge in [-0.15, -0.1) is 11.3 Å². The van der Waals surface area contributed by atoms with Crippen LogP contribution in [0.15, 0.2) is 35.7 Å². The van der Waals surface area contributed by atoms with E-state index in [-0.39, 0.29) is 0 Å². The summed E-state index contributed by atoms with van der Waals surface area (Å²) in [6, 6.07) is 10.2. The Labute approximate surface area is 121 Å². The fourth-order valence-electron chi connectivity index (χ4n) is 2.09. The van der Waals surface area contributed by atoms with Crippen LogP contribution < -0.4 is 5.32 Å². The highest BCUT2D eigenvalue weighted by atomic mass is 35.5. The molecule has 1 aromatic carbocycles. The van der Waals surface area contributed by atoms with Crippen LogP contribution in [-0.4, -0.2) is 0 Å². The number of hydrogen-bond donors (Lipinski definition) is 1. The van der Waals surface area contributed by atoms with E-state index in [4.69, 9.17) is 23.2 Å². The molecule has 0 spiro atoms. The zero-order valence-corrected chi connectivity index (χ0v) is 12.0. The first kappa shape index (κ1) is 12.3. The molecule has 1 aromatic heterocycles. The van der Waals surface area contributed by atoms with Gasteiger partial charge in [-0.05, 0) is 48.4 Å². The molecular formula is C14H13Cl2NS. The van der Waals surface area contributed by atoms with Gasteiger partial charge in [0.15, 0.2) is 0 Å². The largest absolute Gasteiger partial charge is 0.376 e. The van der Waals surface area contributed by atoms with Crippen LogP contribution in [-0.2, 0) is 0 Å². The van der Waals surface area contributed by atoms with Gasteiger partial charge in [-0.2, -0.15) is 0 Å². The molecule has 0 aliphatic heterocycles. The second kappa shape index (κ2) is 5.12. The van der Waals surface area contributed by atoms with E-state index in [1.54, 1.807) is 11.3 Å². The normalized spacial score (nSPS) is 16.6. The van der Waals surface area contributed by atoms with Crippen molar-refractivity contribution in [3.05, 3.63) is 50.6 Å². The maximum Gasteiger partial charge on any atom is 0.0638 e. The minimum atomic E-state index is 0.362. The molecule has 4 heteroatoms. The van der Waals surface area contributed by atoms with Crippen LogP contribution in [0.4, 0.5) is 5.69 Å². The Kier molecular flexibility index (Phi) is 3.51. The molecule has 1 heterocycles. The molecule has 0 saturated heterocycles. The quantitative estimate of drug-likeness (QED) is 0.772. The molecule has 0 amide bonds. The van der Waals surface area contributed by atoms with Crippen molar-refractivity contribution in [3.8, 4) is 0 Å². The molecule has 1 aliphatic carbocycles. The first-order chi connectivity index (χ1) is 8.74. The van der Waals surface area contributed by atoms with Gasteiger partial charge in [-0.25, -0.2) is 0 Å². The summed E-state index contributed by atoms with van der Waals surface area (Å²) in [6.45, 7) is 0. The Morgan fingerprint density at radius 3 is 2.72 bits per heavy atom. The minimum Gasteiger partial charge on any atom is -0.376 e. The molecule has 1 atom stereocenters. The van der Waals surface area contributed by atoms with E-state index in [0.29, 0.717) is 11.1 Å². The van der Waals surface area contributed by atoms with Crippen LogP contribution in [0.25, 0.3) is 0 Å². The first-order valence-corrected chi connectivity index (χ1v) is 7.62. The van der Waals surface area contributed by atoms with E-state index in [1.807, 2.05) is 18.2 Å². The number of thiophene rings is 1. The van der Waals surface area contributed by atoms with Crippen LogP contribution in [0.2, 0.25) is 10.0 Å². The van der Waals surface area contributed by atoms with Crippen LogP contribution in [0.3, 0.4) is 0 Å². The molecule has 1 saturated carbocycles. The van der Waals surface area contributed by atoms with Gasteiger partial charge in [-0.3, -0.25) is 0 Å². The number of halogens is 2. The standard InChI is InChI=1S/C14H13Cl2NS/c15-10-5-6-11(16)12(8-10)17-14(9-3-4-9)13-2-1-7-18-13/h1-2,5-9,14,17H,3-4H2. The van der Waals surface area contributed by atoms with E-state index >= 15 is 0 Å². The van der Waals surface area contributed by atoms with Gasteiger partial charge in [0.25, 0.3) is 0 Å². The molecule has 2 aromatic rings. The Morgan fingerprint density at radius 2 is 2.06 bits per heavy atom. The summed E-state index contributed by atoms with van der Waals surface area (Å²) in [7, 11) is 0. The summed E-state index contributed by atoms with van der Waals surface area (Å²) in [4.78, 5) is 1.37. The predicted molar refractivity (Wildman–Crippen MR) is 79.9 cm³/mol. The SMILES string of the molecule is Clc1ccc(Cl)c(NC(c2cccs2)C2CC2)c1. The first-order valence-electron chi connectivity index (χ1n) is 5.99. The maximum atomic E-state index is 6.21. The number of hydrogen-bond acceptors (Lipinski definition) is 2. The van der Waals surface area contributed by atoms with Gasteiger partial charge in [0.2, 0.25) is 0 Å². The van der Waals surface area contributed by atoms with Gasteiger partial charge < -0.3 is 5.32 Å². The van der Waals surface area contributed by atoms with Crippen LogP contribution in [0.5, 0.6) is 0 Å². The lowest BCUT2D eigenvalue weighted by Gasteiger charge is -2.19. The second-order valence-electron chi connectivity index (χ2n) is 4.60. The highest BCUT2D eigenvalue weighted by Gasteiger charge is 2.33. The van der Waals surface area contributed by atoms with Crippen molar-refractivity contribution >= 4 is 40.2 Å². The molecule has 3 rings (SSSR count). The van der Waals surface area contributed by atoms with Crippen LogP contribution in [0.1, 0.15) is 23.8 Å². The van der Waals surface area contributed by atoms with Crippen molar-refractivity contribution in [1.82, 2.24) is 0 Å². The summed E-state index contributed by atoms with van der Waals surface area (Å²) < 4.78 is 0. The van der Waals surface area contributed by atoms with Gasteiger partial charge in [0.05, 0.1) is 16.8 Å². The zero-order valence-electron chi connectivity index (χ0n) is 9.70. The fraction of sp³-hybridized carbons (Fsp3) is 0.286. The van der Waals surface area contributed by atoms with Crippen LogP contribution in [0, 0.1) is 5.92 Å². The van der Waals surface area contributed by atoms with Gasteiger partial charge in [0, 0.05) is 9.90 Å². The summed E-state index contributed by atoms with van der Waals surface area (Å²) in [5.41, 5.74) is 0.925. The number of rotatable bonds is 4. The number of nitrogens with one attached hydrogen (secondary N) is 1. The van der Waals surface area contributed by atoms with E-state index in [2.05, 4.69) is 22.8 Å². The molecular weight excluding hydrogens is 285 g/mol. The second-order valence-corrected chi connectivity index (χ2v) is 6.42. The smallest absolute Gasteiger partial charge is 0.0638 e. The average Bonchev–Trinajstić information content (AvgIpc) is 3.05. The average molecular weight is 298 g/mol. The Hall–Kier alpha value is -0.700. The summed E-state index contributed by atoms with van der Waals surface area (Å²) in [5, 5.41) is 7.10. The molecule has 1 N–H and O–H groups in total. The van der Waals surface area contributed by atoms with Crippen molar-refractivity contribution < 1.29 is 0 Å². The van der Waals surface area contributed by atoms with Gasteiger partial charge in [0.1, 0.15) is 0 Å². The van der Waals surface area contributed by atoms with E-state index in [9.17, 15) is 0 Å². The fourth-order valence-corrected chi connectivity index (χ4v) is 3.31. The van der Waals surface area contributed by atoms with E-state index in [0.717, 1.165) is 16.6 Å². The maximum absolute atomic E-state index is 6.21. The van der Waals surface area contributed by atoms with Gasteiger partial charge in [-0.1, -0.05) is 29.3 Å². The third-order valence-electron chi connectivity index (χ3n) is 3.18. The van der Waals surface area contributed by atoms with Gasteiger partial charge >= 0.3 is 0 Å². The molecule has 1 fully saturated rings. The summed E-state index contributed by atoms with van der Waals surface area (Å²) in [6.07, 6.45) is 2.57. The predicted octanol–water partition coefficient (Wildman–Crippen LogP) is 5.62. The lowest BCUT2D eigenvalue weighted by molar-refractivity contribution is 0.691. The molecule has 0 bridgehead atoms. The zero-order chi connectivity index (χ0) is 12.5. The Balaban J connectivity index is 1.86. The van der Waals surface area contributed by atoms with Crippen molar-refractivity contribution in [3.63, 3.8) is 0 Å². The number of benzene rings is 1. The van der Waals surface area contributed by atoms with Crippen molar-refractivity contribution in [2.24, 2.45) is 5.92 Å². The third-order valence-corrected chi connectivity index (χ3v) is 4.70. The van der Waals surface area contributed by atoms with E-state index in [1.165, 1.54) is 17.7 Å². The summed E-state index contributed by atoms with van der Waals surface area (Å²) in [5.74, 6) is 0.721.